The van der Waals surface area contributed by atoms with E-state index in [0.29, 0.717) is 72.3 Å². The molecule has 3 aromatic heterocycles. The van der Waals surface area contributed by atoms with Crippen molar-refractivity contribution < 1.29 is 23.0 Å². The number of benzene rings is 2. The average molecular weight is 556 g/mol. The van der Waals surface area contributed by atoms with Gasteiger partial charge in [0.25, 0.3) is 5.91 Å². The van der Waals surface area contributed by atoms with E-state index in [2.05, 4.69) is 25.9 Å². The fourth-order valence-electron chi connectivity index (χ4n) is 4.80. The number of hydrogen-bond donors (Lipinski definition) is 2. The second-order valence-electron chi connectivity index (χ2n) is 9.51. The number of rotatable bonds is 8. The molecule has 11 nitrogen and oxygen atoms in total. The predicted octanol–water partition coefficient (Wildman–Crippen LogP) is 3.71. The van der Waals surface area contributed by atoms with Crippen molar-refractivity contribution in [2.45, 2.75) is 6.54 Å². The van der Waals surface area contributed by atoms with Gasteiger partial charge < -0.3 is 29.5 Å². The number of amides is 2. The number of carbonyl (C=O) groups excluding carboxylic acids is 2. The lowest BCUT2D eigenvalue weighted by atomic mass is 10.1. The van der Waals surface area contributed by atoms with Gasteiger partial charge >= 0.3 is 0 Å². The third-order valence-electron chi connectivity index (χ3n) is 6.95. The quantitative estimate of drug-likeness (QED) is 0.294. The maximum Gasteiger partial charge on any atom is 0.252 e. The minimum atomic E-state index is -0.385. The molecule has 0 aliphatic carbocycles. The molecular formula is C29H26FN7O4. The first-order chi connectivity index (χ1) is 20.0. The van der Waals surface area contributed by atoms with E-state index < -0.39 is 0 Å². The van der Waals surface area contributed by atoms with E-state index in [1.807, 2.05) is 17.0 Å². The average Bonchev–Trinajstić information content (AvgIpc) is 3.71. The fourth-order valence-corrected chi connectivity index (χ4v) is 4.80. The fraction of sp³-hybridized carbons (Fsp3) is 0.207. The largest absolute Gasteiger partial charge is 0.366 e. The molecule has 12 heteroatoms. The van der Waals surface area contributed by atoms with Crippen LogP contribution in [-0.2, 0) is 11.3 Å². The summed E-state index contributed by atoms with van der Waals surface area (Å²) in [6.45, 7) is 2.00. The van der Waals surface area contributed by atoms with Crippen LogP contribution in [0.2, 0.25) is 0 Å². The van der Waals surface area contributed by atoms with Crippen molar-refractivity contribution in [2.75, 3.05) is 42.9 Å². The monoisotopic (exact) mass is 555 g/mol. The molecule has 208 valence electrons. The number of nitrogens with one attached hydrogen (secondary N) is 2. The molecule has 4 heterocycles. The first-order valence-corrected chi connectivity index (χ1v) is 13.1. The van der Waals surface area contributed by atoms with E-state index in [1.165, 1.54) is 12.3 Å². The maximum atomic E-state index is 15.1. The number of anilines is 2. The SMILES string of the molecule is O=C(NCC(=O)N1CCN(c2ccc(-c3cc(CNc4ccon4)on3)cc2F)CC1)c1cccc2ncccc12. The van der Waals surface area contributed by atoms with Crippen molar-refractivity contribution in [3.8, 4) is 11.3 Å². The highest BCUT2D eigenvalue weighted by atomic mass is 19.1. The van der Waals surface area contributed by atoms with Crippen LogP contribution in [-0.4, -0.2) is 64.7 Å². The van der Waals surface area contributed by atoms with Crippen LogP contribution >= 0.6 is 0 Å². The van der Waals surface area contributed by atoms with Crippen molar-refractivity contribution in [3.05, 3.63) is 90.3 Å². The zero-order chi connectivity index (χ0) is 28.2. The summed E-state index contributed by atoms with van der Waals surface area (Å²) in [5.41, 5.74) is 2.75. The van der Waals surface area contributed by atoms with Gasteiger partial charge in [0.15, 0.2) is 11.6 Å². The van der Waals surface area contributed by atoms with Crippen LogP contribution in [0, 0.1) is 5.82 Å². The van der Waals surface area contributed by atoms with Crippen LogP contribution < -0.4 is 15.5 Å². The maximum absolute atomic E-state index is 15.1. The first kappa shape index (κ1) is 26.0. The Morgan fingerprint density at radius 2 is 1.85 bits per heavy atom. The van der Waals surface area contributed by atoms with E-state index in [1.54, 1.807) is 53.6 Å². The van der Waals surface area contributed by atoms with Crippen LogP contribution in [0.1, 0.15) is 16.1 Å². The van der Waals surface area contributed by atoms with Crippen molar-refractivity contribution >= 4 is 34.2 Å². The normalized spacial score (nSPS) is 13.4. The van der Waals surface area contributed by atoms with Crippen molar-refractivity contribution in [2.24, 2.45) is 0 Å². The third kappa shape index (κ3) is 5.71. The molecule has 2 aromatic carbocycles. The summed E-state index contributed by atoms with van der Waals surface area (Å²) in [6.07, 6.45) is 3.13. The third-order valence-corrected chi connectivity index (χ3v) is 6.95. The second kappa shape index (κ2) is 11.5. The minimum absolute atomic E-state index is 0.119. The Kier molecular flexibility index (Phi) is 7.27. The van der Waals surface area contributed by atoms with Crippen LogP contribution in [0.5, 0.6) is 0 Å². The van der Waals surface area contributed by atoms with Gasteiger partial charge in [-0.25, -0.2) is 4.39 Å². The minimum Gasteiger partial charge on any atom is -0.366 e. The number of piperazine rings is 1. The molecule has 1 fully saturated rings. The molecule has 6 rings (SSSR count). The highest BCUT2D eigenvalue weighted by Crippen LogP contribution is 2.27. The smallest absolute Gasteiger partial charge is 0.252 e. The Bertz CT molecular complexity index is 1670. The number of pyridine rings is 1. The Balaban J connectivity index is 1.01. The van der Waals surface area contributed by atoms with Gasteiger partial charge in [-0.3, -0.25) is 14.6 Å². The van der Waals surface area contributed by atoms with Gasteiger partial charge in [-0.1, -0.05) is 28.5 Å². The number of halogens is 1. The van der Waals surface area contributed by atoms with Crippen LogP contribution in [0.15, 0.2) is 82.2 Å². The van der Waals surface area contributed by atoms with Gasteiger partial charge in [0.1, 0.15) is 17.8 Å². The molecule has 0 atom stereocenters. The highest BCUT2D eigenvalue weighted by molar-refractivity contribution is 6.07. The number of hydrogen-bond acceptors (Lipinski definition) is 9. The Labute approximate surface area is 233 Å². The zero-order valence-electron chi connectivity index (χ0n) is 21.9. The Morgan fingerprint density at radius 3 is 2.66 bits per heavy atom. The summed E-state index contributed by atoms with van der Waals surface area (Å²) in [6, 6.07) is 17.3. The lowest BCUT2D eigenvalue weighted by Gasteiger charge is -2.36. The summed E-state index contributed by atoms with van der Waals surface area (Å²) >= 11 is 0. The molecule has 41 heavy (non-hydrogen) atoms. The predicted molar refractivity (Wildman–Crippen MR) is 149 cm³/mol. The number of carbonyl (C=O) groups is 2. The molecule has 0 radical (unpaired) electrons. The van der Waals surface area contributed by atoms with Gasteiger partial charge in [-0.15, -0.1) is 0 Å². The first-order valence-electron chi connectivity index (χ1n) is 13.1. The van der Waals surface area contributed by atoms with E-state index in [9.17, 15) is 9.59 Å². The molecule has 1 aliphatic rings. The van der Waals surface area contributed by atoms with Gasteiger partial charge in [0, 0.05) is 61.0 Å². The second-order valence-corrected chi connectivity index (χ2v) is 9.51. The molecule has 2 amide bonds. The summed E-state index contributed by atoms with van der Waals surface area (Å²) in [5, 5.41) is 14.3. The van der Waals surface area contributed by atoms with Crippen molar-refractivity contribution in [3.63, 3.8) is 0 Å². The molecular weight excluding hydrogens is 529 g/mol. The molecule has 0 saturated carbocycles. The van der Waals surface area contributed by atoms with E-state index in [-0.39, 0.29) is 24.2 Å². The lowest BCUT2D eigenvalue weighted by molar-refractivity contribution is -0.130. The van der Waals surface area contributed by atoms with E-state index in [0.717, 1.165) is 5.39 Å². The summed E-state index contributed by atoms with van der Waals surface area (Å²) in [7, 11) is 0. The van der Waals surface area contributed by atoms with E-state index >= 15 is 4.39 Å². The lowest BCUT2D eigenvalue weighted by Crippen LogP contribution is -2.51. The van der Waals surface area contributed by atoms with Crippen molar-refractivity contribution in [1.29, 1.82) is 0 Å². The molecule has 0 spiro atoms. The summed E-state index contributed by atoms with van der Waals surface area (Å²) in [5.74, 6) is 0.238. The molecule has 0 bridgehead atoms. The summed E-state index contributed by atoms with van der Waals surface area (Å²) in [4.78, 5) is 33.4. The topological polar surface area (TPSA) is 130 Å². The molecule has 0 unspecified atom stereocenters. The van der Waals surface area contributed by atoms with Crippen molar-refractivity contribution in [1.82, 2.24) is 25.5 Å². The molecule has 5 aromatic rings. The molecule has 1 saturated heterocycles. The van der Waals surface area contributed by atoms with Crippen LogP contribution in [0.25, 0.3) is 22.2 Å². The van der Waals surface area contributed by atoms with Gasteiger partial charge in [-0.2, -0.15) is 0 Å². The number of fused-ring (bicyclic) bond motifs is 1. The summed E-state index contributed by atoms with van der Waals surface area (Å²) < 4.78 is 25.3. The molecule has 1 aliphatic heterocycles. The van der Waals surface area contributed by atoms with E-state index in [4.69, 9.17) is 9.05 Å². The van der Waals surface area contributed by atoms with Crippen LogP contribution in [0.4, 0.5) is 15.9 Å². The van der Waals surface area contributed by atoms with Gasteiger partial charge in [-0.05, 0) is 30.3 Å². The Hall–Kier alpha value is -5.26. The Morgan fingerprint density at radius 1 is 0.976 bits per heavy atom. The van der Waals surface area contributed by atoms with Gasteiger partial charge in [0.05, 0.1) is 24.3 Å². The number of nitrogens with zero attached hydrogens (tertiary/aromatic N) is 5. The highest BCUT2D eigenvalue weighted by Gasteiger charge is 2.24. The number of aromatic nitrogens is 3. The van der Waals surface area contributed by atoms with Gasteiger partial charge in [0.2, 0.25) is 5.91 Å². The standard InChI is InChI=1S/C29H26FN7O4/c30-23-15-19(25-16-20(41-34-25)17-32-27-8-14-40-35-27)6-7-26(23)36-10-12-37(13-11-36)28(38)18-33-29(39)22-3-1-5-24-21(22)4-2-9-31-24/h1-9,14-16H,10-13,17-18H2,(H,32,35)(H,33,39). The van der Waals surface area contributed by atoms with Crippen LogP contribution in [0.3, 0.4) is 0 Å². The molecule has 2 N–H and O–H groups in total. The zero-order valence-corrected chi connectivity index (χ0v) is 21.9.